The number of hydrogen-bond donors (Lipinski definition) is 2. The van der Waals surface area contributed by atoms with Gasteiger partial charge in [-0.05, 0) is 70.9 Å². The second kappa shape index (κ2) is 15.6. The minimum atomic E-state index is -4.04. The molecule has 1 aromatic carbocycles. The van der Waals surface area contributed by atoms with Gasteiger partial charge < -0.3 is 34.5 Å². The first-order chi connectivity index (χ1) is 24.1. The largest absolute Gasteiger partial charge is 1.00 e. The van der Waals surface area contributed by atoms with E-state index < -0.39 is 86.2 Å². The third kappa shape index (κ3) is 9.11. The van der Waals surface area contributed by atoms with Gasteiger partial charge in [-0.1, -0.05) is 37.1 Å². The van der Waals surface area contributed by atoms with Crippen LogP contribution in [0.25, 0.3) is 4.72 Å². The quantitative estimate of drug-likeness (QED) is 0.327. The second-order valence-corrected chi connectivity index (χ2v) is 17.0. The maximum absolute atomic E-state index is 14.4. The SMILES string of the molecule is CC(C)(C)OC(=O)N[C@H]1CCCCC/C=C\[C@H]2C[C@@]2(C(=O)[N-]S(=O)(=O)C2CC2)NC(=O)[C@@H]2C[C@@H](OC(=O)N3Cc4cccc(F)c4C3)CN2C1=O.[Na+]. The van der Waals surface area contributed by atoms with E-state index in [1.165, 1.54) is 15.9 Å². The maximum Gasteiger partial charge on any atom is 1.00 e. The Morgan fingerprint density at radius 3 is 2.52 bits per heavy atom. The Morgan fingerprint density at radius 2 is 1.83 bits per heavy atom. The molecule has 0 bridgehead atoms. The molecule has 0 radical (unpaired) electrons. The summed E-state index contributed by atoms with van der Waals surface area (Å²) in [5.74, 6) is -3.25. The summed E-state index contributed by atoms with van der Waals surface area (Å²) in [5.41, 5.74) is -1.42. The fraction of sp³-hybridized carbons (Fsp3) is 0.629. The fourth-order valence-electron chi connectivity index (χ4n) is 6.96. The number of carbonyl (C=O) groups is 5. The summed E-state index contributed by atoms with van der Waals surface area (Å²) in [7, 11) is -4.04. The summed E-state index contributed by atoms with van der Waals surface area (Å²) in [6.07, 6.45) is 4.91. The molecule has 1 saturated heterocycles. The molecule has 278 valence electrons. The van der Waals surface area contributed by atoms with Gasteiger partial charge in [-0.3, -0.25) is 14.5 Å². The summed E-state index contributed by atoms with van der Waals surface area (Å²) >= 11 is 0. The minimum Gasteiger partial charge on any atom is -0.544 e. The van der Waals surface area contributed by atoms with Gasteiger partial charge in [-0.15, -0.1) is 0 Å². The van der Waals surface area contributed by atoms with Crippen molar-refractivity contribution in [1.29, 1.82) is 0 Å². The molecular formula is C35H45FN5NaO9S. The number of fused-ring (bicyclic) bond motifs is 3. The molecule has 14 nitrogen and oxygen atoms in total. The van der Waals surface area contributed by atoms with Crippen LogP contribution in [-0.2, 0) is 47.0 Å². The summed E-state index contributed by atoms with van der Waals surface area (Å²) in [6, 6.07) is 2.27. The molecule has 2 saturated carbocycles. The number of nitrogens with zero attached hydrogens (tertiary/aromatic N) is 3. The van der Waals surface area contributed by atoms with Gasteiger partial charge in [0.2, 0.25) is 11.8 Å². The van der Waals surface area contributed by atoms with Crippen LogP contribution in [0.4, 0.5) is 14.0 Å². The Labute approximate surface area is 325 Å². The zero-order valence-electron chi connectivity index (χ0n) is 30.1. The van der Waals surface area contributed by atoms with Crippen molar-refractivity contribution >= 4 is 39.9 Å². The van der Waals surface area contributed by atoms with Crippen molar-refractivity contribution < 1.29 is 75.8 Å². The molecule has 5 amide bonds. The Morgan fingerprint density at radius 1 is 1.08 bits per heavy atom. The smallest absolute Gasteiger partial charge is 0.544 e. The predicted molar refractivity (Wildman–Crippen MR) is 181 cm³/mol. The monoisotopic (exact) mass is 753 g/mol. The van der Waals surface area contributed by atoms with E-state index in [0.29, 0.717) is 43.2 Å². The van der Waals surface area contributed by atoms with E-state index in [2.05, 4.69) is 15.4 Å². The zero-order chi connectivity index (χ0) is 36.7. The molecule has 0 spiro atoms. The number of ether oxygens (including phenoxy) is 2. The zero-order valence-corrected chi connectivity index (χ0v) is 32.9. The number of nitrogens with one attached hydrogen (secondary N) is 2. The summed E-state index contributed by atoms with van der Waals surface area (Å²) in [4.78, 5) is 70.7. The van der Waals surface area contributed by atoms with Gasteiger partial charge in [0.05, 0.1) is 34.6 Å². The molecule has 5 atom stereocenters. The van der Waals surface area contributed by atoms with Crippen LogP contribution in [0.15, 0.2) is 30.4 Å². The molecule has 6 rings (SSSR count). The van der Waals surface area contributed by atoms with E-state index in [0.717, 1.165) is 6.42 Å². The van der Waals surface area contributed by atoms with Crippen LogP contribution < -0.4 is 40.2 Å². The molecule has 2 aliphatic carbocycles. The Balaban J connectivity index is 0.00000523. The first-order valence-corrected chi connectivity index (χ1v) is 19.1. The Bertz CT molecular complexity index is 1730. The third-order valence-corrected chi connectivity index (χ3v) is 11.7. The normalized spacial score (nSPS) is 28.4. The van der Waals surface area contributed by atoms with Crippen molar-refractivity contribution in [1.82, 2.24) is 20.4 Å². The van der Waals surface area contributed by atoms with E-state index in [4.69, 9.17) is 9.47 Å². The Kier molecular flexibility index (Phi) is 12.0. The number of rotatable bonds is 5. The summed E-state index contributed by atoms with van der Waals surface area (Å²) in [6.45, 7) is 4.99. The van der Waals surface area contributed by atoms with E-state index in [-0.39, 0.29) is 68.5 Å². The van der Waals surface area contributed by atoms with Crippen LogP contribution in [0, 0.1) is 11.7 Å². The van der Waals surface area contributed by atoms with E-state index in [9.17, 15) is 36.8 Å². The number of amides is 5. The van der Waals surface area contributed by atoms with E-state index in [1.54, 1.807) is 39.0 Å². The standard InChI is InChI=1S/C35H46FN5O9S.Na/c1-34(2,3)50-32(45)37-27-13-8-6-4-5-7-11-22-17-35(22,31(44)39-51(47,48)24-14-15-24)38-29(42)28-16-23(19-41(28)30(27)43)49-33(46)40-18-21-10-9-12-26(36)25(21)20-40;/h7,9-12,22-24,27-28H,4-6,8,13-20H2,1-3H3,(H3,37,38,39,42,44,45);/q;+1/p-1/b11-7-;/t22-,23+,27-,28-,35+;/m0./s1. The number of benzene rings is 1. The van der Waals surface area contributed by atoms with Gasteiger partial charge in [-0.25, -0.2) is 22.4 Å². The molecular weight excluding hydrogens is 708 g/mol. The number of allylic oxidation sites excluding steroid dienone is 1. The molecule has 1 aromatic rings. The molecule has 3 heterocycles. The summed E-state index contributed by atoms with van der Waals surface area (Å²) < 4.78 is 54.6. The topological polar surface area (TPSA) is 183 Å². The van der Waals surface area contributed by atoms with E-state index >= 15 is 0 Å². The van der Waals surface area contributed by atoms with Crippen molar-refractivity contribution in [2.45, 2.75) is 126 Å². The first kappa shape index (κ1) is 40.0. The van der Waals surface area contributed by atoms with Crippen LogP contribution in [-0.4, -0.2) is 89.2 Å². The average molecular weight is 754 g/mol. The molecule has 3 aliphatic heterocycles. The predicted octanol–water partition coefficient (Wildman–Crippen LogP) is 0.932. The van der Waals surface area contributed by atoms with Crippen molar-refractivity contribution in [3.63, 3.8) is 0 Å². The molecule has 5 aliphatic rings. The summed E-state index contributed by atoms with van der Waals surface area (Å²) in [5, 5.41) is 4.70. The van der Waals surface area contributed by atoms with E-state index in [1.807, 2.05) is 6.08 Å². The van der Waals surface area contributed by atoms with Gasteiger partial charge in [0, 0.05) is 29.7 Å². The van der Waals surface area contributed by atoms with Gasteiger partial charge >= 0.3 is 41.7 Å². The average Bonchev–Trinajstić information content (AvgIpc) is 3.93. The van der Waals surface area contributed by atoms with Crippen molar-refractivity contribution in [3.8, 4) is 0 Å². The van der Waals surface area contributed by atoms with Crippen LogP contribution in [0.5, 0.6) is 0 Å². The molecule has 0 unspecified atom stereocenters. The molecule has 2 N–H and O–H groups in total. The number of sulfonamides is 1. The van der Waals surface area contributed by atoms with Crippen LogP contribution in [0.2, 0.25) is 0 Å². The number of hydrogen-bond acceptors (Lipinski definition) is 9. The Hall–Kier alpha value is -3.21. The molecule has 3 fully saturated rings. The first-order valence-electron chi connectivity index (χ1n) is 17.6. The van der Waals surface area contributed by atoms with Crippen LogP contribution >= 0.6 is 0 Å². The van der Waals surface area contributed by atoms with Crippen molar-refractivity contribution in [2.75, 3.05) is 6.54 Å². The molecule has 17 heteroatoms. The number of halogens is 1. The van der Waals surface area contributed by atoms with Crippen molar-refractivity contribution in [2.24, 2.45) is 5.92 Å². The van der Waals surface area contributed by atoms with Gasteiger partial charge in [-0.2, -0.15) is 0 Å². The number of carbonyl (C=O) groups excluding carboxylic acids is 5. The molecule has 0 aromatic heterocycles. The minimum absolute atomic E-state index is 0. The van der Waals surface area contributed by atoms with Gasteiger partial charge in [0.1, 0.15) is 29.6 Å². The van der Waals surface area contributed by atoms with Gasteiger partial charge in [0.25, 0.3) is 0 Å². The van der Waals surface area contributed by atoms with Crippen molar-refractivity contribution in [3.05, 3.63) is 52.0 Å². The number of alkyl carbamates (subject to hydrolysis) is 1. The van der Waals surface area contributed by atoms with Gasteiger partial charge in [0.15, 0.2) is 0 Å². The fourth-order valence-corrected chi connectivity index (χ4v) is 8.24. The van der Waals surface area contributed by atoms with Crippen LogP contribution in [0.1, 0.15) is 89.7 Å². The second-order valence-electron chi connectivity index (χ2n) is 15.1. The van der Waals surface area contributed by atoms with Crippen LogP contribution in [0.3, 0.4) is 0 Å². The molecule has 52 heavy (non-hydrogen) atoms. The third-order valence-electron chi connectivity index (χ3n) is 9.92. The maximum atomic E-state index is 14.4.